The van der Waals surface area contributed by atoms with E-state index in [2.05, 4.69) is 10.6 Å². The summed E-state index contributed by atoms with van der Waals surface area (Å²) in [5.41, 5.74) is 0. The molecule has 2 rings (SSSR count). The van der Waals surface area contributed by atoms with E-state index in [0.29, 0.717) is 32.0 Å². The Hall–Kier alpha value is -1.05. The van der Waals surface area contributed by atoms with E-state index in [-0.39, 0.29) is 31.0 Å². The Bertz CT molecular complexity index is 384. The lowest BCUT2D eigenvalue weighted by Gasteiger charge is -2.33. The summed E-state index contributed by atoms with van der Waals surface area (Å²) in [5.74, 6) is -0.155. The first-order chi connectivity index (χ1) is 11.1. The summed E-state index contributed by atoms with van der Waals surface area (Å²) in [6.07, 6.45) is 4.97. The summed E-state index contributed by atoms with van der Waals surface area (Å²) in [4.78, 5) is 24.2. The molecule has 2 aliphatic rings. The molecule has 0 aliphatic carbocycles. The molecule has 2 heterocycles. The van der Waals surface area contributed by atoms with Gasteiger partial charge in [0.25, 0.3) is 0 Å². The normalized spacial score (nSPS) is 19.6. The number of amides is 2. The zero-order valence-electron chi connectivity index (χ0n) is 14.2. The van der Waals surface area contributed by atoms with Crippen molar-refractivity contribution in [2.75, 3.05) is 39.3 Å². The predicted octanol–water partition coefficient (Wildman–Crippen LogP) is 1.46. The number of nitrogens with zero attached hydrogens (tertiary/aromatic N) is 1. The van der Waals surface area contributed by atoms with Gasteiger partial charge in [0.05, 0.1) is 6.10 Å². The van der Waals surface area contributed by atoms with E-state index in [0.717, 1.165) is 32.5 Å². The van der Waals surface area contributed by atoms with E-state index in [1.807, 2.05) is 0 Å². The lowest BCUT2D eigenvalue weighted by molar-refractivity contribution is -0.137. The average Bonchev–Trinajstić information content (AvgIpc) is 2.58. The molecule has 0 radical (unpaired) electrons. The lowest BCUT2D eigenvalue weighted by Crippen LogP contribution is -2.46. The molecular formula is C16H30ClN3O4. The standard InChI is InChI=1S/C16H29N3O4.ClH/c20-15(21)2-1-7-18-16(22)19-10-5-14(6-11-19)23-12-13-3-8-17-9-4-13;/h13-14,17H,1-12H2,(H,18,22)(H,20,21);1H. The number of piperidine rings is 2. The Balaban J connectivity index is 0.00000288. The van der Waals surface area contributed by atoms with Crippen LogP contribution in [0.15, 0.2) is 0 Å². The minimum atomic E-state index is -0.828. The fourth-order valence-corrected chi connectivity index (χ4v) is 3.09. The number of urea groups is 1. The summed E-state index contributed by atoms with van der Waals surface area (Å²) >= 11 is 0. The summed E-state index contributed by atoms with van der Waals surface area (Å²) < 4.78 is 6.02. The van der Waals surface area contributed by atoms with E-state index >= 15 is 0 Å². The molecule has 2 amide bonds. The molecule has 8 heteroatoms. The first-order valence-corrected chi connectivity index (χ1v) is 8.72. The Kier molecular flexibility index (Phi) is 10.1. The molecule has 7 nitrogen and oxygen atoms in total. The van der Waals surface area contributed by atoms with Gasteiger partial charge in [-0.1, -0.05) is 0 Å². The van der Waals surface area contributed by atoms with Crippen LogP contribution in [0.2, 0.25) is 0 Å². The lowest BCUT2D eigenvalue weighted by atomic mass is 9.99. The highest BCUT2D eigenvalue weighted by Gasteiger charge is 2.24. The number of likely N-dealkylation sites (tertiary alicyclic amines) is 1. The van der Waals surface area contributed by atoms with Crippen LogP contribution in [0.4, 0.5) is 4.79 Å². The molecule has 0 bridgehead atoms. The average molecular weight is 364 g/mol. The number of nitrogens with one attached hydrogen (secondary N) is 2. The van der Waals surface area contributed by atoms with Crippen LogP contribution in [-0.2, 0) is 9.53 Å². The van der Waals surface area contributed by atoms with Crippen molar-refractivity contribution < 1.29 is 19.4 Å². The van der Waals surface area contributed by atoms with Crippen LogP contribution < -0.4 is 10.6 Å². The van der Waals surface area contributed by atoms with Crippen molar-refractivity contribution in [2.45, 2.75) is 44.6 Å². The number of hydrogen-bond acceptors (Lipinski definition) is 4. The Morgan fingerprint density at radius 3 is 2.46 bits per heavy atom. The van der Waals surface area contributed by atoms with Crippen LogP contribution in [0.5, 0.6) is 0 Å². The molecule has 2 fully saturated rings. The summed E-state index contributed by atoms with van der Waals surface area (Å²) in [5, 5.41) is 14.7. The van der Waals surface area contributed by atoms with Crippen molar-refractivity contribution in [3.63, 3.8) is 0 Å². The number of rotatable bonds is 7. The Morgan fingerprint density at radius 1 is 1.17 bits per heavy atom. The number of carboxylic acids is 1. The smallest absolute Gasteiger partial charge is 0.317 e. The first kappa shape index (κ1) is 21.0. The second kappa shape index (κ2) is 11.5. The molecule has 0 atom stereocenters. The van der Waals surface area contributed by atoms with Gasteiger partial charge in [0.1, 0.15) is 0 Å². The quantitative estimate of drug-likeness (QED) is 0.596. The van der Waals surface area contributed by atoms with Gasteiger partial charge in [-0.3, -0.25) is 4.79 Å². The maximum absolute atomic E-state index is 12.0. The van der Waals surface area contributed by atoms with Crippen molar-refractivity contribution >= 4 is 24.4 Å². The number of hydrogen-bond donors (Lipinski definition) is 3. The van der Waals surface area contributed by atoms with Crippen molar-refractivity contribution in [3.8, 4) is 0 Å². The fraction of sp³-hybridized carbons (Fsp3) is 0.875. The third-order valence-electron chi connectivity index (χ3n) is 4.60. The molecule has 24 heavy (non-hydrogen) atoms. The minimum Gasteiger partial charge on any atom is -0.481 e. The monoisotopic (exact) mass is 363 g/mol. The van der Waals surface area contributed by atoms with Crippen LogP contribution in [-0.4, -0.2) is 67.4 Å². The highest BCUT2D eigenvalue weighted by Crippen LogP contribution is 2.18. The van der Waals surface area contributed by atoms with Gasteiger partial charge < -0.3 is 25.4 Å². The number of ether oxygens (including phenoxy) is 1. The third-order valence-corrected chi connectivity index (χ3v) is 4.60. The van der Waals surface area contributed by atoms with Gasteiger partial charge in [-0.15, -0.1) is 12.4 Å². The second-order valence-corrected chi connectivity index (χ2v) is 6.44. The highest BCUT2D eigenvalue weighted by molar-refractivity contribution is 5.85. The van der Waals surface area contributed by atoms with Gasteiger partial charge in [-0.25, -0.2) is 4.79 Å². The fourth-order valence-electron chi connectivity index (χ4n) is 3.09. The van der Waals surface area contributed by atoms with Gasteiger partial charge in [-0.2, -0.15) is 0 Å². The van der Waals surface area contributed by atoms with E-state index in [1.54, 1.807) is 4.90 Å². The van der Waals surface area contributed by atoms with Crippen molar-refractivity contribution in [1.82, 2.24) is 15.5 Å². The summed E-state index contributed by atoms with van der Waals surface area (Å²) in [6.45, 7) is 4.86. The van der Waals surface area contributed by atoms with Crippen molar-refractivity contribution in [2.24, 2.45) is 5.92 Å². The zero-order valence-corrected chi connectivity index (χ0v) is 15.0. The maximum atomic E-state index is 12.0. The van der Waals surface area contributed by atoms with Crippen LogP contribution in [0.3, 0.4) is 0 Å². The van der Waals surface area contributed by atoms with E-state index in [1.165, 1.54) is 12.8 Å². The van der Waals surface area contributed by atoms with Gasteiger partial charge in [-0.05, 0) is 51.1 Å². The summed E-state index contributed by atoms with van der Waals surface area (Å²) in [7, 11) is 0. The van der Waals surface area contributed by atoms with Gasteiger partial charge in [0, 0.05) is 32.7 Å². The molecule has 3 N–H and O–H groups in total. The van der Waals surface area contributed by atoms with Crippen molar-refractivity contribution in [3.05, 3.63) is 0 Å². The highest BCUT2D eigenvalue weighted by atomic mass is 35.5. The number of carboxylic acid groups (broad SMARTS) is 1. The largest absolute Gasteiger partial charge is 0.481 e. The maximum Gasteiger partial charge on any atom is 0.317 e. The SMILES string of the molecule is Cl.O=C(O)CCCNC(=O)N1CCC(OCC2CCNCC2)CC1. The molecule has 2 saturated heterocycles. The van der Waals surface area contributed by atoms with Crippen LogP contribution in [0, 0.1) is 5.92 Å². The molecule has 2 aliphatic heterocycles. The van der Waals surface area contributed by atoms with E-state index in [4.69, 9.17) is 9.84 Å². The first-order valence-electron chi connectivity index (χ1n) is 8.72. The molecule has 140 valence electrons. The van der Waals surface area contributed by atoms with E-state index < -0.39 is 5.97 Å². The zero-order chi connectivity index (χ0) is 16.5. The topological polar surface area (TPSA) is 90.9 Å². The molecular weight excluding hydrogens is 334 g/mol. The molecule has 0 spiro atoms. The van der Waals surface area contributed by atoms with Gasteiger partial charge in [0.2, 0.25) is 0 Å². The number of carbonyl (C=O) groups is 2. The summed E-state index contributed by atoms with van der Waals surface area (Å²) in [6, 6.07) is -0.0906. The predicted molar refractivity (Wildman–Crippen MR) is 93.7 cm³/mol. The minimum absolute atomic E-state index is 0. The molecule has 0 aromatic carbocycles. The van der Waals surface area contributed by atoms with Gasteiger partial charge >= 0.3 is 12.0 Å². The Morgan fingerprint density at radius 2 is 1.83 bits per heavy atom. The Labute approximate surface area is 149 Å². The van der Waals surface area contributed by atoms with E-state index in [9.17, 15) is 9.59 Å². The van der Waals surface area contributed by atoms with Crippen LogP contribution >= 0.6 is 12.4 Å². The molecule has 0 saturated carbocycles. The number of halogens is 1. The van der Waals surface area contributed by atoms with Crippen LogP contribution in [0.1, 0.15) is 38.5 Å². The van der Waals surface area contributed by atoms with Gasteiger partial charge in [0.15, 0.2) is 0 Å². The van der Waals surface area contributed by atoms with Crippen molar-refractivity contribution in [1.29, 1.82) is 0 Å². The number of carbonyl (C=O) groups excluding carboxylic acids is 1. The molecule has 0 aromatic heterocycles. The number of aliphatic carboxylic acids is 1. The molecule has 0 unspecified atom stereocenters. The second-order valence-electron chi connectivity index (χ2n) is 6.44. The van der Waals surface area contributed by atoms with Crippen LogP contribution in [0.25, 0.3) is 0 Å². The third kappa shape index (κ3) is 7.68. The molecule has 0 aromatic rings.